The van der Waals surface area contributed by atoms with Crippen molar-refractivity contribution in [2.45, 2.75) is 20.4 Å². The number of nitrogens with zero attached hydrogens (tertiary/aromatic N) is 2. The van der Waals surface area contributed by atoms with E-state index < -0.39 is 0 Å². The lowest BCUT2D eigenvalue weighted by molar-refractivity contribution is 0.464. The number of aryl methyl sites for hydroxylation is 2. The monoisotopic (exact) mass is 269 g/mol. The van der Waals surface area contributed by atoms with Crippen molar-refractivity contribution in [2.24, 2.45) is 0 Å². The molecule has 0 aliphatic rings. The molecule has 0 spiro atoms. The number of anilines is 1. The van der Waals surface area contributed by atoms with Gasteiger partial charge in [-0.1, -0.05) is 0 Å². The average molecular weight is 269 g/mol. The number of pyridine rings is 1. The summed E-state index contributed by atoms with van der Waals surface area (Å²) in [5.41, 5.74) is 4.00. The fraction of sp³-hybridized carbons (Fsp3) is 0.200. The summed E-state index contributed by atoms with van der Waals surface area (Å²) < 4.78 is 5.43. The van der Waals surface area contributed by atoms with Crippen molar-refractivity contribution in [3.8, 4) is 5.75 Å². The summed E-state index contributed by atoms with van der Waals surface area (Å²) >= 11 is 0. The minimum absolute atomic E-state index is 0.196. The summed E-state index contributed by atoms with van der Waals surface area (Å²) in [6.45, 7) is 4.17. The lowest BCUT2D eigenvalue weighted by Gasteiger charge is -2.08. The quantitative estimate of drug-likeness (QED) is 0.764. The number of aromatic nitrogens is 2. The predicted octanol–water partition coefficient (Wildman–Crippen LogP) is 3.16. The second kappa shape index (κ2) is 4.85. The highest BCUT2D eigenvalue weighted by atomic mass is 16.3. The first-order valence-corrected chi connectivity index (χ1v) is 6.38. The molecule has 2 heterocycles. The Morgan fingerprint density at radius 1 is 1.15 bits per heavy atom. The van der Waals surface area contributed by atoms with E-state index in [2.05, 4.69) is 15.3 Å². The molecule has 0 radical (unpaired) electrons. The fourth-order valence-corrected chi connectivity index (χ4v) is 2.07. The van der Waals surface area contributed by atoms with Crippen LogP contribution in [0.3, 0.4) is 0 Å². The number of hydrogen-bond acceptors (Lipinski definition) is 5. The molecule has 0 fully saturated rings. The van der Waals surface area contributed by atoms with Gasteiger partial charge in [0.2, 0.25) is 0 Å². The van der Waals surface area contributed by atoms with Gasteiger partial charge in [-0.25, -0.2) is 4.98 Å². The second-order valence-corrected chi connectivity index (χ2v) is 4.69. The van der Waals surface area contributed by atoms with E-state index in [-0.39, 0.29) is 5.75 Å². The lowest BCUT2D eigenvalue weighted by atomic mass is 10.2. The minimum atomic E-state index is 0.196. The Hall–Kier alpha value is -2.56. The zero-order valence-electron chi connectivity index (χ0n) is 11.3. The first-order valence-electron chi connectivity index (χ1n) is 6.38. The molecule has 0 atom stereocenters. The zero-order valence-corrected chi connectivity index (χ0v) is 11.3. The molecular weight excluding hydrogens is 254 g/mol. The molecule has 1 aromatic carbocycles. The molecule has 3 rings (SSSR count). The van der Waals surface area contributed by atoms with Crippen LogP contribution in [0.25, 0.3) is 11.1 Å². The molecule has 102 valence electrons. The lowest BCUT2D eigenvalue weighted by Crippen LogP contribution is -2.02. The van der Waals surface area contributed by atoms with Crippen LogP contribution in [0.4, 0.5) is 5.69 Å². The molecule has 2 aromatic heterocycles. The van der Waals surface area contributed by atoms with Crippen LogP contribution in [0, 0.1) is 13.8 Å². The molecular formula is C15H15N3O2. The highest BCUT2D eigenvalue weighted by molar-refractivity contribution is 5.77. The first kappa shape index (κ1) is 12.5. The molecule has 0 unspecified atom stereocenters. The van der Waals surface area contributed by atoms with Gasteiger partial charge in [0.05, 0.1) is 6.54 Å². The van der Waals surface area contributed by atoms with E-state index in [0.29, 0.717) is 18.1 Å². The second-order valence-electron chi connectivity index (χ2n) is 4.69. The van der Waals surface area contributed by atoms with E-state index in [1.165, 1.54) is 0 Å². The van der Waals surface area contributed by atoms with Crippen LogP contribution in [0.2, 0.25) is 0 Å². The summed E-state index contributed by atoms with van der Waals surface area (Å²) in [6, 6.07) is 9.15. The van der Waals surface area contributed by atoms with E-state index in [9.17, 15) is 5.11 Å². The molecule has 0 bridgehead atoms. The van der Waals surface area contributed by atoms with Gasteiger partial charge in [0, 0.05) is 18.3 Å². The third kappa shape index (κ3) is 2.42. The normalized spacial score (nSPS) is 10.9. The van der Waals surface area contributed by atoms with Gasteiger partial charge in [-0.15, -0.1) is 0 Å². The van der Waals surface area contributed by atoms with Gasteiger partial charge in [0.25, 0.3) is 0 Å². The van der Waals surface area contributed by atoms with Crippen molar-refractivity contribution in [2.75, 3.05) is 5.32 Å². The molecule has 5 heteroatoms. The molecule has 2 N–H and O–H groups in total. The maximum absolute atomic E-state index is 9.76. The zero-order chi connectivity index (χ0) is 14.1. The van der Waals surface area contributed by atoms with Crippen LogP contribution in [0.15, 0.2) is 34.7 Å². The van der Waals surface area contributed by atoms with Crippen LogP contribution in [-0.4, -0.2) is 15.1 Å². The topological polar surface area (TPSA) is 71.2 Å². The molecule has 0 saturated carbocycles. The summed E-state index contributed by atoms with van der Waals surface area (Å²) in [6.07, 6.45) is 0. The van der Waals surface area contributed by atoms with Crippen molar-refractivity contribution in [3.05, 3.63) is 47.6 Å². The Bertz CT molecular complexity index is 765. The summed E-state index contributed by atoms with van der Waals surface area (Å²) in [5, 5.41) is 13.0. The van der Waals surface area contributed by atoms with Gasteiger partial charge in [0.15, 0.2) is 11.5 Å². The number of rotatable bonds is 3. The molecule has 5 nitrogen and oxygen atoms in total. The first-order chi connectivity index (χ1) is 9.61. The van der Waals surface area contributed by atoms with Gasteiger partial charge in [-0.2, -0.15) is 0 Å². The number of oxazole rings is 1. The molecule has 0 aliphatic carbocycles. The van der Waals surface area contributed by atoms with E-state index >= 15 is 0 Å². The highest BCUT2D eigenvalue weighted by Crippen LogP contribution is 2.21. The number of hydrogen-bond donors (Lipinski definition) is 2. The van der Waals surface area contributed by atoms with E-state index in [1.807, 2.05) is 32.0 Å². The summed E-state index contributed by atoms with van der Waals surface area (Å²) in [4.78, 5) is 8.60. The molecule has 0 saturated heterocycles. The smallest absolute Gasteiger partial charge is 0.192 e. The van der Waals surface area contributed by atoms with Gasteiger partial charge in [-0.05, 0) is 37.3 Å². The minimum Gasteiger partial charge on any atom is -0.506 e. The number of benzene rings is 1. The van der Waals surface area contributed by atoms with E-state index in [0.717, 1.165) is 22.5 Å². The number of aromatic hydroxyl groups is 1. The Kier molecular flexibility index (Phi) is 3.02. The van der Waals surface area contributed by atoms with Crippen molar-refractivity contribution in [3.63, 3.8) is 0 Å². The largest absolute Gasteiger partial charge is 0.506 e. The number of nitrogens with one attached hydrogen (secondary N) is 1. The third-order valence-corrected chi connectivity index (χ3v) is 3.04. The average Bonchev–Trinajstić information content (AvgIpc) is 2.79. The van der Waals surface area contributed by atoms with Gasteiger partial charge < -0.3 is 14.8 Å². The Morgan fingerprint density at radius 2 is 2.00 bits per heavy atom. The summed E-state index contributed by atoms with van der Waals surface area (Å²) in [7, 11) is 0. The Morgan fingerprint density at radius 3 is 2.85 bits per heavy atom. The van der Waals surface area contributed by atoms with Crippen molar-refractivity contribution in [1.29, 1.82) is 0 Å². The van der Waals surface area contributed by atoms with E-state index in [4.69, 9.17) is 4.42 Å². The van der Waals surface area contributed by atoms with Crippen molar-refractivity contribution in [1.82, 2.24) is 9.97 Å². The van der Waals surface area contributed by atoms with Gasteiger partial charge in [-0.3, -0.25) is 4.98 Å². The maximum atomic E-state index is 9.76. The Labute approximate surface area is 116 Å². The Balaban J connectivity index is 1.80. The SMILES string of the molecule is Cc1ccc(O)c(CNc2ccc3oc(C)nc3c2)n1. The van der Waals surface area contributed by atoms with E-state index in [1.54, 1.807) is 12.1 Å². The van der Waals surface area contributed by atoms with Crippen molar-refractivity contribution >= 4 is 16.8 Å². The molecule has 20 heavy (non-hydrogen) atoms. The predicted molar refractivity (Wildman–Crippen MR) is 76.7 cm³/mol. The van der Waals surface area contributed by atoms with Crippen LogP contribution < -0.4 is 5.32 Å². The standard InChI is InChI=1S/C15H15N3O2/c1-9-3-5-14(19)13(17-9)8-16-11-4-6-15-12(7-11)18-10(2)20-15/h3-7,16,19H,8H2,1-2H3. The van der Waals surface area contributed by atoms with Crippen molar-refractivity contribution < 1.29 is 9.52 Å². The van der Waals surface area contributed by atoms with Gasteiger partial charge in [0.1, 0.15) is 17.0 Å². The fourth-order valence-electron chi connectivity index (χ4n) is 2.07. The van der Waals surface area contributed by atoms with Gasteiger partial charge >= 0.3 is 0 Å². The third-order valence-electron chi connectivity index (χ3n) is 3.04. The number of fused-ring (bicyclic) bond motifs is 1. The molecule has 0 amide bonds. The molecule has 3 aromatic rings. The van der Waals surface area contributed by atoms with Crippen LogP contribution in [0.5, 0.6) is 5.75 Å². The van der Waals surface area contributed by atoms with Crippen LogP contribution in [0.1, 0.15) is 17.3 Å². The van der Waals surface area contributed by atoms with Crippen LogP contribution >= 0.6 is 0 Å². The maximum Gasteiger partial charge on any atom is 0.192 e. The van der Waals surface area contributed by atoms with Crippen LogP contribution in [-0.2, 0) is 6.54 Å². The molecule has 0 aliphatic heterocycles. The highest BCUT2D eigenvalue weighted by Gasteiger charge is 2.05. The summed E-state index contributed by atoms with van der Waals surface area (Å²) in [5.74, 6) is 0.844.